The van der Waals surface area contributed by atoms with Gasteiger partial charge in [-0.2, -0.15) is 0 Å². The third-order valence-electron chi connectivity index (χ3n) is 4.05. The molecule has 0 unspecified atom stereocenters. The highest BCUT2D eigenvalue weighted by atomic mass is 15.3. The van der Waals surface area contributed by atoms with Gasteiger partial charge in [0.05, 0.1) is 0 Å². The number of anilines is 1. The second-order valence-corrected chi connectivity index (χ2v) is 5.79. The molecule has 0 spiro atoms. The maximum atomic E-state index is 2.54. The first kappa shape index (κ1) is 14.1. The minimum absolute atomic E-state index is 1.10. The second-order valence-electron chi connectivity index (χ2n) is 5.79. The highest BCUT2D eigenvalue weighted by molar-refractivity contribution is 5.56. The van der Waals surface area contributed by atoms with Crippen LogP contribution in [0.1, 0.15) is 25.0 Å². The van der Waals surface area contributed by atoms with E-state index in [1.807, 2.05) is 0 Å². The van der Waals surface area contributed by atoms with Gasteiger partial charge in [-0.05, 0) is 44.9 Å². The molecule has 2 nitrogen and oxygen atoms in total. The van der Waals surface area contributed by atoms with Crippen LogP contribution in [0, 0.1) is 13.8 Å². The fourth-order valence-corrected chi connectivity index (χ4v) is 2.56. The van der Waals surface area contributed by atoms with Crippen LogP contribution >= 0.6 is 0 Å². The lowest BCUT2D eigenvalue weighted by atomic mass is 10.1. The van der Waals surface area contributed by atoms with Gasteiger partial charge in [0.1, 0.15) is 0 Å². The Hall–Kier alpha value is -1.28. The number of rotatable bonds is 3. The van der Waals surface area contributed by atoms with Crippen molar-refractivity contribution in [2.45, 2.75) is 27.7 Å². The summed E-state index contributed by atoms with van der Waals surface area (Å²) in [7, 11) is 0. The van der Waals surface area contributed by atoms with Crippen molar-refractivity contribution in [2.24, 2.45) is 0 Å². The van der Waals surface area contributed by atoms with Gasteiger partial charge in [0.15, 0.2) is 0 Å². The Labute approximate surface area is 117 Å². The van der Waals surface area contributed by atoms with Crippen molar-refractivity contribution in [3.05, 3.63) is 41.0 Å². The maximum absolute atomic E-state index is 2.54. The van der Waals surface area contributed by atoms with Crippen LogP contribution in [0.15, 0.2) is 29.8 Å². The molecule has 2 heteroatoms. The number of aryl methyl sites for hydroxylation is 1. The summed E-state index contributed by atoms with van der Waals surface area (Å²) < 4.78 is 0. The number of benzene rings is 1. The van der Waals surface area contributed by atoms with Crippen molar-refractivity contribution in [1.82, 2.24) is 4.90 Å². The van der Waals surface area contributed by atoms with Crippen LogP contribution in [0.3, 0.4) is 0 Å². The van der Waals surface area contributed by atoms with Crippen LogP contribution in [0.4, 0.5) is 5.69 Å². The molecule has 1 heterocycles. The van der Waals surface area contributed by atoms with Gasteiger partial charge in [-0.3, -0.25) is 4.90 Å². The Morgan fingerprint density at radius 2 is 1.79 bits per heavy atom. The largest absolute Gasteiger partial charge is 0.369 e. The molecular weight excluding hydrogens is 232 g/mol. The van der Waals surface area contributed by atoms with E-state index in [1.54, 1.807) is 0 Å². The van der Waals surface area contributed by atoms with E-state index in [0.717, 1.165) is 32.7 Å². The Balaban J connectivity index is 1.96. The topological polar surface area (TPSA) is 6.48 Å². The number of piperazine rings is 1. The van der Waals surface area contributed by atoms with E-state index >= 15 is 0 Å². The fraction of sp³-hybridized carbons (Fsp3) is 0.529. The van der Waals surface area contributed by atoms with Crippen molar-refractivity contribution in [2.75, 3.05) is 37.6 Å². The highest BCUT2D eigenvalue weighted by Gasteiger charge is 2.17. The minimum atomic E-state index is 1.10. The summed E-state index contributed by atoms with van der Waals surface area (Å²) in [5, 5.41) is 0. The zero-order valence-corrected chi connectivity index (χ0v) is 12.7. The van der Waals surface area contributed by atoms with E-state index < -0.39 is 0 Å². The zero-order valence-electron chi connectivity index (χ0n) is 12.7. The smallest absolute Gasteiger partial charge is 0.0399 e. The van der Waals surface area contributed by atoms with E-state index in [4.69, 9.17) is 0 Å². The van der Waals surface area contributed by atoms with Crippen molar-refractivity contribution in [3.8, 4) is 0 Å². The summed E-state index contributed by atoms with van der Waals surface area (Å²) in [6, 6.07) is 6.63. The van der Waals surface area contributed by atoms with Crippen LogP contribution in [0.25, 0.3) is 0 Å². The van der Waals surface area contributed by atoms with Crippen molar-refractivity contribution >= 4 is 5.69 Å². The molecule has 0 atom stereocenters. The molecule has 1 saturated heterocycles. The third-order valence-corrected chi connectivity index (χ3v) is 4.05. The summed E-state index contributed by atoms with van der Waals surface area (Å²) in [6.07, 6.45) is 2.33. The van der Waals surface area contributed by atoms with Crippen LogP contribution in [0.5, 0.6) is 0 Å². The molecule has 2 rings (SSSR count). The molecule has 104 valence electrons. The molecular formula is C17H26N2. The zero-order chi connectivity index (χ0) is 13.8. The first-order valence-electron chi connectivity index (χ1n) is 7.25. The molecule has 1 aliphatic rings. The molecule has 0 saturated carbocycles. The van der Waals surface area contributed by atoms with Gasteiger partial charge in [-0.25, -0.2) is 0 Å². The van der Waals surface area contributed by atoms with Crippen LogP contribution in [-0.2, 0) is 0 Å². The van der Waals surface area contributed by atoms with Crippen molar-refractivity contribution in [3.63, 3.8) is 0 Å². The van der Waals surface area contributed by atoms with Gasteiger partial charge in [0.2, 0.25) is 0 Å². The van der Waals surface area contributed by atoms with E-state index in [1.165, 1.54) is 22.4 Å². The van der Waals surface area contributed by atoms with E-state index in [2.05, 4.69) is 61.8 Å². The van der Waals surface area contributed by atoms with E-state index in [9.17, 15) is 0 Å². The molecule has 0 radical (unpaired) electrons. The summed E-state index contributed by atoms with van der Waals surface area (Å²) in [5.74, 6) is 0. The molecule has 1 aromatic carbocycles. The quantitative estimate of drug-likeness (QED) is 0.767. The normalized spacial score (nSPS) is 16.5. The Morgan fingerprint density at radius 3 is 2.42 bits per heavy atom. The van der Waals surface area contributed by atoms with Crippen molar-refractivity contribution < 1.29 is 0 Å². The SMILES string of the molecule is CC(C)=CCN1CCN(c2cccc(C)c2C)CC1. The lowest BCUT2D eigenvalue weighted by molar-refractivity contribution is 0.283. The molecule has 0 aliphatic carbocycles. The molecule has 19 heavy (non-hydrogen) atoms. The number of hydrogen-bond acceptors (Lipinski definition) is 2. The van der Waals surface area contributed by atoms with Gasteiger partial charge in [-0.1, -0.05) is 23.8 Å². The lowest BCUT2D eigenvalue weighted by Crippen LogP contribution is -2.46. The summed E-state index contributed by atoms with van der Waals surface area (Å²) in [4.78, 5) is 5.07. The molecule has 1 fully saturated rings. The van der Waals surface area contributed by atoms with Crippen LogP contribution < -0.4 is 4.90 Å². The standard InChI is InChI=1S/C17H26N2/c1-14(2)8-9-18-10-12-19(13-11-18)17-7-5-6-15(3)16(17)4/h5-8H,9-13H2,1-4H3. The van der Waals surface area contributed by atoms with Gasteiger partial charge < -0.3 is 4.90 Å². The van der Waals surface area contributed by atoms with Crippen LogP contribution in [-0.4, -0.2) is 37.6 Å². The van der Waals surface area contributed by atoms with Gasteiger partial charge in [0.25, 0.3) is 0 Å². The third kappa shape index (κ3) is 3.60. The highest BCUT2D eigenvalue weighted by Crippen LogP contribution is 2.23. The van der Waals surface area contributed by atoms with Gasteiger partial charge >= 0.3 is 0 Å². The Kier molecular flexibility index (Phi) is 4.65. The molecule has 0 bridgehead atoms. The average Bonchev–Trinajstić information content (AvgIpc) is 2.40. The first-order chi connectivity index (χ1) is 9.08. The van der Waals surface area contributed by atoms with Gasteiger partial charge in [0, 0.05) is 38.4 Å². The Bertz CT molecular complexity index is 450. The molecule has 0 N–H and O–H groups in total. The number of allylic oxidation sites excluding steroid dienone is 1. The van der Waals surface area contributed by atoms with Crippen molar-refractivity contribution in [1.29, 1.82) is 0 Å². The summed E-state index contributed by atoms with van der Waals surface area (Å²) in [6.45, 7) is 14.5. The molecule has 1 aliphatic heterocycles. The molecule has 1 aromatic rings. The maximum Gasteiger partial charge on any atom is 0.0399 e. The predicted octanol–water partition coefficient (Wildman–Crippen LogP) is 3.39. The second kappa shape index (κ2) is 6.25. The minimum Gasteiger partial charge on any atom is -0.369 e. The predicted molar refractivity (Wildman–Crippen MR) is 84.0 cm³/mol. The number of hydrogen-bond donors (Lipinski definition) is 0. The van der Waals surface area contributed by atoms with E-state index in [0.29, 0.717) is 0 Å². The molecule has 0 aromatic heterocycles. The monoisotopic (exact) mass is 258 g/mol. The number of nitrogens with zero attached hydrogens (tertiary/aromatic N) is 2. The molecule has 0 amide bonds. The first-order valence-corrected chi connectivity index (χ1v) is 7.25. The lowest BCUT2D eigenvalue weighted by Gasteiger charge is -2.36. The van der Waals surface area contributed by atoms with E-state index in [-0.39, 0.29) is 0 Å². The average molecular weight is 258 g/mol. The fourth-order valence-electron chi connectivity index (χ4n) is 2.56. The van der Waals surface area contributed by atoms with Crippen LogP contribution in [0.2, 0.25) is 0 Å². The summed E-state index contributed by atoms with van der Waals surface area (Å²) >= 11 is 0. The Morgan fingerprint density at radius 1 is 1.11 bits per heavy atom. The summed E-state index contributed by atoms with van der Waals surface area (Å²) in [5.41, 5.74) is 5.66. The van der Waals surface area contributed by atoms with Gasteiger partial charge in [-0.15, -0.1) is 0 Å².